The van der Waals surface area contributed by atoms with Crippen molar-refractivity contribution in [2.24, 2.45) is 0 Å². The molecule has 0 fully saturated rings. The Hall–Kier alpha value is -6.92. The van der Waals surface area contributed by atoms with E-state index >= 15 is 0 Å². The summed E-state index contributed by atoms with van der Waals surface area (Å²) in [7, 11) is -9.09. The number of hydrogen-bond acceptors (Lipinski definition) is 22. The highest BCUT2D eigenvalue weighted by Gasteiger charge is 2.42. The zero-order valence-corrected chi connectivity index (χ0v) is 90.4. The lowest BCUT2D eigenvalue weighted by Crippen LogP contribution is -2.41. The number of hydrogen-bond donors (Lipinski definition) is 7. The fourth-order valence-corrected chi connectivity index (χ4v) is 18.8. The van der Waals surface area contributed by atoms with Gasteiger partial charge in [0.15, 0.2) is 54.2 Å². The molecule has 3 aliphatic carbocycles. The first-order valence-corrected chi connectivity index (χ1v) is 61.3. The predicted octanol–water partition coefficient (Wildman–Crippen LogP) is 28.4. The fraction of sp³-hybridized carbons (Fsp3) is 0.627. The Labute approximate surface area is 872 Å². The molecule has 0 radical (unpaired) electrons. The van der Waals surface area contributed by atoms with E-state index in [1.54, 1.807) is 0 Å². The number of fused-ring (bicyclic) bond motifs is 9. The van der Waals surface area contributed by atoms with Crippen molar-refractivity contribution in [1.82, 2.24) is 0 Å². The van der Waals surface area contributed by atoms with Crippen LogP contribution in [0.15, 0.2) is 109 Å². The molecule has 0 saturated heterocycles. The molecule has 9 N–H and O–H groups in total. The molecule has 0 bridgehead atoms. The molecule has 26 nitrogen and oxygen atoms in total. The number of carbonyl (C=O) groups is 5. The van der Waals surface area contributed by atoms with Crippen LogP contribution in [0.5, 0.6) is 0 Å². The van der Waals surface area contributed by atoms with Crippen LogP contribution >= 0.6 is 11.6 Å². The molecule has 2 atom stereocenters. The first-order chi connectivity index (χ1) is 61.4. The van der Waals surface area contributed by atoms with E-state index in [0.29, 0.717) is 122 Å². The largest absolute Gasteiger partial charge is 0.454 e. The van der Waals surface area contributed by atoms with Crippen molar-refractivity contribution in [3.63, 3.8) is 0 Å². The topological polar surface area (TPSA) is 335 Å². The smallest absolute Gasteiger partial charge is 0.403 e. The Morgan fingerprint density at radius 1 is 0.331 bits per heavy atom. The Morgan fingerprint density at radius 2 is 0.549 bits per heavy atom. The molecule has 4 amide bonds. The summed E-state index contributed by atoms with van der Waals surface area (Å²) in [5.74, 6) is -1.25. The Balaban J connectivity index is -0.000000621. The van der Waals surface area contributed by atoms with Crippen molar-refractivity contribution in [3.05, 3.63) is 143 Å². The summed E-state index contributed by atoms with van der Waals surface area (Å²) in [6.07, 6.45) is 0.0961. The molecule has 0 aliphatic heterocycles. The van der Waals surface area contributed by atoms with Crippen molar-refractivity contribution in [2.75, 3.05) is 158 Å². The van der Waals surface area contributed by atoms with Crippen molar-refractivity contribution < 1.29 is 93.8 Å². The van der Waals surface area contributed by atoms with E-state index in [0.717, 1.165) is 55.9 Å². The molecule has 142 heavy (non-hydrogen) atoms. The van der Waals surface area contributed by atoms with E-state index in [1.807, 2.05) is 125 Å². The van der Waals surface area contributed by atoms with Gasteiger partial charge in [0.05, 0.1) is 79.3 Å². The lowest BCUT2D eigenvalue weighted by Gasteiger charge is -2.36. The van der Waals surface area contributed by atoms with Gasteiger partial charge in [0.2, 0.25) is 23.6 Å². The van der Waals surface area contributed by atoms with Crippen LogP contribution in [-0.2, 0) is 83.9 Å². The first-order valence-electron chi connectivity index (χ1n) is 46.3. The van der Waals surface area contributed by atoms with Crippen LogP contribution in [0, 0.1) is 0 Å². The van der Waals surface area contributed by atoms with Gasteiger partial charge in [0, 0.05) is 89.7 Å². The van der Waals surface area contributed by atoms with Gasteiger partial charge in [-0.1, -0.05) is 215 Å². The Bertz CT molecular complexity index is 4480. The third-order valence-corrected chi connectivity index (χ3v) is 49.1. The van der Waals surface area contributed by atoms with E-state index in [-0.39, 0.29) is 186 Å². The second-order valence-corrected chi connectivity index (χ2v) is 65.7. The number of amides is 4. The third-order valence-electron chi connectivity index (χ3n) is 26.3. The zero-order valence-electron chi connectivity index (χ0n) is 84.7. The second-order valence-electron chi connectivity index (χ2n) is 41.3. The standard InChI is InChI=1S/C38H62N2O8Si2.C34H54N2O7Si2.C18H22N2O2.C10H21ClO3Si.10CH4/c1-13-45-27(2)46-24-34-32-22-28(39-35(41)25-43-18-20-47-49(9,10)37(3,4)5)14-16-30(32)31-17-15-29(23-33(31)34)40-36(42)26-44-19-21-48-50(11,12)38(6,7)8;1-33(2,3)44(7,8)42-17-15-40-22-31(38)35-24-11-13-26-27-14-12-25(20-29(27)30(21-37)28(26)19-24)36-32(39)23-41-16-18-43-45(9,10)34(4,5)6;1-3-21-11(2)22-10-18-16-8-12(19)4-6-14(16)15-7-5-13(20)9-17(15)18;1-10(2,3)15(4,5)14-8-6-7-13-9(11)12;;;;;;;;;;/h14-17,22-23,27,34H,13,18-21,24-26H2,1-12H3,(H,39,41)(H,40,42);11-14,19-20,30,37H,15-18,21-23H2,1-10H3,(H,35,38)(H,36,39);4-9,11,18H,3,10,19-20H2,1-2H3;6-8H2,1-5H3;10*1H4. The molecule has 6 aromatic rings. The van der Waals surface area contributed by atoms with Gasteiger partial charge in [-0.15, -0.1) is 0 Å². The summed E-state index contributed by atoms with van der Waals surface area (Å²) in [5.41, 5.74) is 28.1. The number of anilines is 6. The molecule has 2 unspecified atom stereocenters. The minimum atomic E-state index is -1.86. The SMILES string of the molecule is C.C.C.C.C.C.C.C.C.C.CC(C)(C)[Si](C)(C)OCCCOC(=O)Cl.CC(C)(C)[Si](C)(C)OCCOCC(=O)Nc1ccc2c(c1)C(CO)c1cc(NC(=O)COCCO[Si](C)(C)C(C)(C)C)ccc1-2.CCOC(C)OCC1c2cc(N)ccc2-c2ccc(N)cc21.CCOC(C)OCC1c2cc(NC(=O)COCCO[Si](C)(C)C(C)(C)C)ccc2-c2ccc(NC(=O)COCCO[Si](C)(C)C(C)(C)C)cc21. The summed E-state index contributed by atoms with van der Waals surface area (Å²) in [6, 6.07) is 35.3. The van der Waals surface area contributed by atoms with Gasteiger partial charge in [0.25, 0.3) is 0 Å². The van der Waals surface area contributed by atoms with Crippen molar-refractivity contribution in [1.29, 1.82) is 0 Å². The average Bonchev–Trinajstić information content (AvgIpc) is 1.60. The van der Waals surface area contributed by atoms with Gasteiger partial charge in [0.1, 0.15) is 26.4 Å². The number of carbonyl (C=O) groups excluding carboxylic acids is 5. The monoisotopic (exact) mass is 2100 g/mol. The lowest BCUT2D eigenvalue weighted by atomic mass is 9.97. The van der Waals surface area contributed by atoms with Crippen LogP contribution in [0.25, 0.3) is 33.4 Å². The molecule has 3 aliphatic rings. The number of benzene rings is 6. The van der Waals surface area contributed by atoms with E-state index in [2.05, 4.69) is 207 Å². The zero-order chi connectivity index (χ0) is 98.8. The van der Waals surface area contributed by atoms with Crippen LogP contribution in [0.2, 0.25) is 90.7 Å². The highest BCUT2D eigenvalue weighted by Crippen LogP contribution is 2.51. The Morgan fingerprint density at radius 3 is 0.768 bits per heavy atom. The molecule has 32 heteroatoms. The summed E-state index contributed by atoms with van der Waals surface area (Å²) in [5, 5.41) is 22.8. The summed E-state index contributed by atoms with van der Waals surface area (Å²) < 4.78 is 80.4. The summed E-state index contributed by atoms with van der Waals surface area (Å²) in [4.78, 5) is 61.0. The minimum Gasteiger partial charge on any atom is -0.454 e. The summed E-state index contributed by atoms with van der Waals surface area (Å²) >= 11 is 5.03. The number of nitrogen functional groups attached to an aromatic ring is 2. The van der Waals surface area contributed by atoms with Gasteiger partial charge >= 0.3 is 5.43 Å². The number of nitrogens with one attached hydrogen (secondary N) is 4. The maximum atomic E-state index is 12.8. The highest BCUT2D eigenvalue weighted by molar-refractivity contribution is 6.75. The molecule has 0 heterocycles. The Kier molecular flexibility index (Phi) is 64.4. The van der Waals surface area contributed by atoms with Crippen molar-refractivity contribution in [2.45, 2.75) is 333 Å². The van der Waals surface area contributed by atoms with Gasteiger partial charge in [-0.05, 0) is 258 Å². The van der Waals surface area contributed by atoms with Crippen molar-refractivity contribution in [3.8, 4) is 33.4 Å². The van der Waals surface area contributed by atoms with Crippen LogP contribution in [-0.4, -0.2) is 214 Å². The van der Waals surface area contributed by atoms with E-state index in [4.69, 9.17) is 83.1 Å². The normalized spacial score (nSPS) is 13.0. The van der Waals surface area contributed by atoms with Gasteiger partial charge in [-0.2, -0.15) is 0 Å². The first kappa shape index (κ1) is 144. The van der Waals surface area contributed by atoms with Gasteiger partial charge < -0.3 is 103 Å². The number of nitrogens with two attached hydrogens (primary N) is 2. The number of rotatable bonds is 44. The van der Waals surface area contributed by atoms with Crippen LogP contribution in [0.1, 0.15) is 263 Å². The second kappa shape index (κ2) is 63.7. The van der Waals surface area contributed by atoms with Gasteiger partial charge in [-0.3, -0.25) is 19.2 Å². The number of ether oxygens (including phenoxy) is 9. The van der Waals surface area contributed by atoms with Gasteiger partial charge in [-0.25, -0.2) is 4.79 Å². The van der Waals surface area contributed by atoms with Crippen LogP contribution in [0.3, 0.4) is 0 Å². The van der Waals surface area contributed by atoms with E-state index in [1.165, 1.54) is 22.3 Å². The molecule has 9 rings (SSSR count). The maximum absolute atomic E-state index is 12.8. The van der Waals surface area contributed by atoms with E-state index < -0.39 is 47.0 Å². The molecule has 816 valence electrons. The summed E-state index contributed by atoms with van der Waals surface area (Å²) in [6.45, 7) is 68.4. The quantitative estimate of drug-likeness (QED) is 0.00614. The lowest BCUT2D eigenvalue weighted by molar-refractivity contribution is -0.128. The molecular formula is C110H199ClN6O20Si5. The maximum Gasteiger partial charge on any atom is 0.403 e. The molecule has 0 spiro atoms. The third kappa shape index (κ3) is 43.5. The predicted molar refractivity (Wildman–Crippen MR) is 614 cm³/mol. The fourth-order valence-electron chi connectivity index (χ4n) is 13.5. The number of halogens is 1. The number of aliphatic hydroxyl groups is 1. The highest BCUT2D eigenvalue weighted by atomic mass is 35.5. The van der Waals surface area contributed by atoms with E-state index in [9.17, 15) is 29.1 Å². The molecule has 0 aromatic heterocycles. The van der Waals surface area contributed by atoms with Crippen LogP contribution in [0.4, 0.5) is 38.9 Å². The number of aliphatic hydroxyl groups excluding tert-OH is 1. The molecule has 6 aromatic carbocycles. The average molecular weight is 2100 g/mol. The minimum absolute atomic E-state index is 0. The molecular weight excluding hydrogens is 1900 g/mol. The van der Waals surface area contributed by atoms with Crippen LogP contribution < -0.4 is 32.7 Å². The van der Waals surface area contributed by atoms with Crippen molar-refractivity contribution >= 4 is 116 Å². The molecule has 0 saturated carbocycles.